The molecule has 6 heteroatoms. The third kappa shape index (κ3) is 2.99. The number of benzene rings is 2. The molecule has 0 aliphatic rings. The van der Waals surface area contributed by atoms with E-state index < -0.39 is 4.92 Å². The minimum Gasteiger partial charge on any atom is -0.493 e. The first-order chi connectivity index (χ1) is 11.6. The van der Waals surface area contributed by atoms with Crippen LogP contribution < -0.4 is 9.47 Å². The molecule has 0 saturated heterocycles. The summed E-state index contributed by atoms with van der Waals surface area (Å²) in [5.41, 5.74) is 2.08. The number of nitrogens with zero attached hydrogens (tertiary/aromatic N) is 2. The molecule has 0 aliphatic carbocycles. The number of methoxy groups -OCH3 is 2. The SMILES string of the molecule is COc1cc2cncc(Cc3ccc([N+](=O)[O-])cc3)c2cc1OC. The summed E-state index contributed by atoms with van der Waals surface area (Å²) in [7, 11) is 3.19. The van der Waals surface area contributed by atoms with Gasteiger partial charge in [-0.15, -0.1) is 0 Å². The predicted molar refractivity (Wildman–Crippen MR) is 90.7 cm³/mol. The first kappa shape index (κ1) is 15.7. The quantitative estimate of drug-likeness (QED) is 0.528. The van der Waals surface area contributed by atoms with Gasteiger partial charge in [0.05, 0.1) is 19.1 Å². The van der Waals surface area contributed by atoms with E-state index in [9.17, 15) is 10.1 Å². The van der Waals surface area contributed by atoms with Crippen LogP contribution in [0.3, 0.4) is 0 Å². The highest BCUT2D eigenvalue weighted by Gasteiger charge is 2.11. The molecule has 0 unspecified atom stereocenters. The van der Waals surface area contributed by atoms with Gasteiger partial charge in [0.1, 0.15) is 0 Å². The van der Waals surface area contributed by atoms with Gasteiger partial charge in [-0.05, 0) is 35.1 Å². The fourth-order valence-electron chi connectivity index (χ4n) is 2.65. The molecule has 3 aromatic rings. The van der Waals surface area contributed by atoms with E-state index in [2.05, 4.69) is 4.98 Å². The van der Waals surface area contributed by atoms with Crippen molar-refractivity contribution in [1.82, 2.24) is 4.98 Å². The molecular formula is C18H16N2O4. The number of nitro benzene ring substituents is 1. The van der Waals surface area contributed by atoms with Gasteiger partial charge in [0, 0.05) is 29.9 Å². The van der Waals surface area contributed by atoms with Crippen molar-refractivity contribution in [2.24, 2.45) is 0 Å². The van der Waals surface area contributed by atoms with Crippen LogP contribution in [0.2, 0.25) is 0 Å². The van der Waals surface area contributed by atoms with Gasteiger partial charge in [0.25, 0.3) is 5.69 Å². The van der Waals surface area contributed by atoms with E-state index in [1.165, 1.54) is 12.1 Å². The lowest BCUT2D eigenvalue weighted by Gasteiger charge is -2.11. The smallest absolute Gasteiger partial charge is 0.269 e. The van der Waals surface area contributed by atoms with Crippen LogP contribution in [-0.2, 0) is 6.42 Å². The van der Waals surface area contributed by atoms with Crippen molar-refractivity contribution in [2.75, 3.05) is 14.2 Å². The summed E-state index contributed by atoms with van der Waals surface area (Å²) in [6.07, 6.45) is 4.20. The van der Waals surface area contributed by atoms with Gasteiger partial charge in [0.2, 0.25) is 0 Å². The molecule has 122 valence electrons. The summed E-state index contributed by atoms with van der Waals surface area (Å²) in [5.74, 6) is 1.31. The van der Waals surface area contributed by atoms with Crippen molar-refractivity contribution in [3.8, 4) is 11.5 Å². The van der Waals surface area contributed by atoms with Gasteiger partial charge in [-0.2, -0.15) is 0 Å². The van der Waals surface area contributed by atoms with Gasteiger partial charge in [-0.1, -0.05) is 12.1 Å². The molecule has 1 aromatic heterocycles. The average Bonchev–Trinajstić information content (AvgIpc) is 2.61. The lowest BCUT2D eigenvalue weighted by Crippen LogP contribution is -1.95. The molecule has 0 saturated carbocycles. The van der Waals surface area contributed by atoms with E-state index >= 15 is 0 Å². The highest BCUT2D eigenvalue weighted by atomic mass is 16.6. The van der Waals surface area contributed by atoms with Crippen molar-refractivity contribution in [3.05, 3.63) is 70.0 Å². The third-order valence-corrected chi connectivity index (χ3v) is 3.89. The Labute approximate surface area is 138 Å². The second-order valence-corrected chi connectivity index (χ2v) is 5.33. The molecule has 24 heavy (non-hydrogen) atoms. The summed E-state index contributed by atoms with van der Waals surface area (Å²) in [6, 6.07) is 10.4. The number of rotatable bonds is 5. The standard InChI is InChI=1S/C18H16N2O4/c1-23-17-8-14-11-19-10-13(16(14)9-18(17)24-2)7-12-3-5-15(6-4-12)20(21)22/h3-6,8-11H,7H2,1-2H3. The Kier molecular flexibility index (Phi) is 4.29. The van der Waals surface area contributed by atoms with Crippen LogP contribution >= 0.6 is 0 Å². The first-order valence-corrected chi connectivity index (χ1v) is 7.34. The van der Waals surface area contributed by atoms with E-state index in [4.69, 9.17) is 9.47 Å². The monoisotopic (exact) mass is 324 g/mol. The van der Waals surface area contributed by atoms with Crippen LogP contribution in [-0.4, -0.2) is 24.1 Å². The normalized spacial score (nSPS) is 10.6. The summed E-state index contributed by atoms with van der Waals surface area (Å²) in [6.45, 7) is 0. The molecular weight excluding hydrogens is 308 g/mol. The van der Waals surface area contributed by atoms with Gasteiger partial charge in [-0.25, -0.2) is 0 Å². The molecule has 3 rings (SSSR count). The Morgan fingerprint density at radius 2 is 1.71 bits per heavy atom. The fraction of sp³-hybridized carbons (Fsp3) is 0.167. The topological polar surface area (TPSA) is 74.5 Å². The van der Waals surface area contributed by atoms with Crippen molar-refractivity contribution in [3.63, 3.8) is 0 Å². The lowest BCUT2D eigenvalue weighted by atomic mass is 10.0. The van der Waals surface area contributed by atoms with Crippen molar-refractivity contribution in [1.29, 1.82) is 0 Å². The maximum atomic E-state index is 10.7. The number of hydrogen-bond acceptors (Lipinski definition) is 5. The number of hydrogen-bond donors (Lipinski definition) is 0. The molecule has 0 spiro atoms. The zero-order valence-electron chi connectivity index (χ0n) is 13.4. The van der Waals surface area contributed by atoms with Crippen molar-refractivity contribution < 1.29 is 14.4 Å². The highest BCUT2D eigenvalue weighted by Crippen LogP contribution is 2.33. The molecule has 0 N–H and O–H groups in total. The lowest BCUT2D eigenvalue weighted by molar-refractivity contribution is -0.384. The zero-order chi connectivity index (χ0) is 17.1. The van der Waals surface area contributed by atoms with Gasteiger partial charge >= 0.3 is 0 Å². The number of fused-ring (bicyclic) bond motifs is 1. The van der Waals surface area contributed by atoms with Gasteiger partial charge in [0.15, 0.2) is 11.5 Å². The van der Waals surface area contributed by atoms with Crippen LogP contribution in [0, 0.1) is 10.1 Å². The van der Waals surface area contributed by atoms with Crippen LogP contribution in [0.15, 0.2) is 48.8 Å². The molecule has 1 heterocycles. The number of ether oxygens (including phenoxy) is 2. The predicted octanol–water partition coefficient (Wildman–Crippen LogP) is 3.75. The zero-order valence-corrected chi connectivity index (χ0v) is 13.4. The molecule has 0 bridgehead atoms. The Hall–Kier alpha value is -3.15. The maximum absolute atomic E-state index is 10.7. The van der Waals surface area contributed by atoms with Crippen molar-refractivity contribution >= 4 is 16.5 Å². The van der Waals surface area contributed by atoms with E-state index in [1.54, 1.807) is 38.7 Å². The molecule has 0 fully saturated rings. The number of pyridine rings is 1. The fourth-order valence-corrected chi connectivity index (χ4v) is 2.65. The highest BCUT2D eigenvalue weighted by molar-refractivity contribution is 5.88. The second kappa shape index (κ2) is 6.54. The Balaban J connectivity index is 2.01. The van der Waals surface area contributed by atoms with Crippen LogP contribution in [0.5, 0.6) is 11.5 Å². The van der Waals surface area contributed by atoms with Crippen LogP contribution in [0.1, 0.15) is 11.1 Å². The second-order valence-electron chi connectivity index (χ2n) is 5.33. The molecule has 2 aromatic carbocycles. The molecule has 0 radical (unpaired) electrons. The third-order valence-electron chi connectivity index (χ3n) is 3.89. The molecule has 0 aliphatic heterocycles. The van der Waals surface area contributed by atoms with Gasteiger partial charge in [-0.3, -0.25) is 15.1 Å². The van der Waals surface area contributed by atoms with Gasteiger partial charge < -0.3 is 9.47 Å². The molecule has 0 atom stereocenters. The Morgan fingerprint density at radius 1 is 1.04 bits per heavy atom. The number of aromatic nitrogens is 1. The van der Waals surface area contributed by atoms with E-state index in [0.717, 1.165) is 21.9 Å². The molecule has 0 amide bonds. The minimum atomic E-state index is -0.402. The summed E-state index contributed by atoms with van der Waals surface area (Å²) in [5, 5.41) is 12.7. The maximum Gasteiger partial charge on any atom is 0.269 e. The summed E-state index contributed by atoms with van der Waals surface area (Å²) in [4.78, 5) is 14.6. The minimum absolute atomic E-state index is 0.0844. The summed E-state index contributed by atoms with van der Waals surface area (Å²) >= 11 is 0. The Morgan fingerprint density at radius 3 is 2.33 bits per heavy atom. The van der Waals surface area contributed by atoms with E-state index in [1.807, 2.05) is 12.1 Å². The summed E-state index contributed by atoms with van der Waals surface area (Å²) < 4.78 is 10.7. The Bertz CT molecular complexity index is 891. The van der Waals surface area contributed by atoms with Crippen LogP contribution in [0.4, 0.5) is 5.69 Å². The van der Waals surface area contributed by atoms with Crippen molar-refractivity contribution in [2.45, 2.75) is 6.42 Å². The number of non-ortho nitro benzene ring substituents is 1. The van der Waals surface area contributed by atoms with E-state index in [0.29, 0.717) is 17.9 Å². The average molecular weight is 324 g/mol. The van der Waals surface area contributed by atoms with E-state index in [-0.39, 0.29) is 5.69 Å². The number of nitro groups is 1. The first-order valence-electron chi connectivity index (χ1n) is 7.34. The largest absolute Gasteiger partial charge is 0.493 e. The molecule has 6 nitrogen and oxygen atoms in total. The van der Waals surface area contributed by atoms with Crippen LogP contribution in [0.25, 0.3) is 10.8 Å².